The average molecular weight is 499 g/mol. The Hall–Kier alpha value is -3.75. The Labute approximate surface area is 211 Å². The zero-order chi connectivity index (χ0) is 24.2. The van der Waals surface area contributed by atoms with Crippen LogP contribution in [0.4, 0.5) is 5.69 Å². The topological polar surface area (TPSA) is 77.0 Å². The molecule has 3 aromatic carbocycles. The number of carbonyl (C=O) groups is 1. The highest BCUT2D eigenvalue weighted by Gasteiger charge is 2.14. The molecule has 0 fully saturated rings. The number of thioether (sulfide) groups is 1. The van der Waals surface area contributed by atoms with Crippen molar-refractivity contribution in [3.8, 4) is 26.9 Å². The van der Waals surface area contributed by atoms with Gasteiger partial charge in [-0.25, -0.2) is 4.98 Å². The Morgan fingerprint density at radius 3 is 2.66 bits per heavy atom. The number of nitrogens with one attached hydrogen (secondary N) is 1. The van der Waals surface area contributed by atoms with Crippen LogP contribution in [0.1, 0.15) is 5.69 Å². The number of aromatic nitrogens is 3. The van der Waals surface area contributed by atoms with Crippen LogP contribution in [0.15, 0.2) is 83.9 Å². The van der Waals surface area contributed by atoms with Crippen LogP contribution in [0, 0.1) is 6.92 Å². The van der Waals surface area contributed by atoms with E-state index in [1.165, 1.54) is 11.8 Å². The van der Waals surface area contributed by atoms with Gasteiger partial charge in [-0.2, -0.15) is 0 Å². The number of carbonyl (C=O) groups excluding carboxylic acids is 1. The Bertz CT molecular complexity index is 1490. The standard InChI is InChI=1S/C27H22N4O2S2/c1-17-26(35-27(28-17)19-9-5-10-20(15-19)33-2)23-13-14-25(31-30-23)34-16-24(32)29-22-12-6-8-18-7-3-4-11-21(18)22/h3-15H,16H2,1-2H3,(H,29,32). The molecular formula is C27H22N4O2S2. The largest absolute Gasteiger partial charge is 0.497 e. The van der Waals surface area contributed by atoms with E-state index in [0.717, 1.165) is 49.0 Å². The van der Waals surface area contributed by atoms with E-state index in [-0.39, 0.29) is 11.7 Å². The minimum Gasteiger partial charge on any atom is -0.497 e. The number of aryl methyl sites for hydroxylation is 1. The van der Waals surface area contributed by atoms with E-state index in [4.69, 9.17) is 9.72 Å². The predicted octanol–water partition coefficient (Wildman–Crippen LogP) is 6.47. The molecule has 1 N–H and O–H groups in total. The molecule has 0 bridgehead atoms. The third kappa shape index (κ3) is 5.18. The van der Waals surface area contributed by atoms with E-state index in [9.17, 15) is 4.79 Å². The molecule has 0 aliphatic rings. The van der Waals surface area contributed by atoms with Gasteiger partial charge in [0.15, 0.2) is 0 Å². The van der Waals surface area contributed by atoms with Crippen molar-refractivity contribution in [3.05, 3.63) is 84.6 Å². The molecule has 0 aliphatic heterocycles. The number of ether oxygens (including phenoxy) is 1. The number of benzene rings is 3. The molecule has 0 unspecified atom stereocenters. The van der Waals surface area contributed by atoms with E-state index < -0.39 is 0 Å². The fraction of sp³-hybridized carbons (Fsp3) is 0.111. The summed E-state index contributed by atoms with van der Waals surface area (Å²) in [4.78, 5) is 18.2. The monoisotopic (exact) mass is 498 g/mol. The van der Waals surface area contributed by atoms with E-state index >= 15 is 0 Å². The highest BCUT2D eigenvalue weighted by Crippen LogP contribution is 2.35. The molecule has 0 spiro atoms. The van der Waals surface area contributed by atoms with Crippen LogP contribution < -0.4 is 10.1 Å². The van der Waals surface area contributed by atoms with Gasteiger partial charge in [0.1, 0.15) is 21.5 Å². The second kappa shape index (κ2) is 10.2. The number of hydrogen-bond donors (Lipinski definition) is 1. The Morgan fingerprint density at radius 2 is 1.83 bits per heavy atom. The van der Waals surface area contributed by atoms with Crippen LogP contribution in [0.2, 0.25) is 0 Å². The number of anilines is 1. The summed E-state index contributed by atoms with van der Waals surface area (Å²) in [6, 6.07) is 25.5. The number of hydrogen-bond acceptors (Lipinski definition) is 7. The van der Waals surface area contributed by atoms with Gasteiger partial charge in [0.2, 0.25) is 5.91 Å². The first-order valence-corrected chi connectivity index (χ1v) is 12.8. The lowest BCUT2D eigenvalue weighted by Crippen LogP contribution is -2.14. The summed E-state index contributed by atoms with van der Waals surface area (Å²) in [6.45, 7) is 1.97. The summed E-state index contributed by atoms with van der Waals surface area (Å²) >= 11 is 2.93. The molecule has 6 nitrogen and oxygen atoms in total. The molecule has 2 heterocycles. The fourth-order valence-corrected chi connectivity index (χ4v) is 5.33. The van der Waals surface area contributed by atoms with Gasteiger partial charge in [0.05, 0.1) is 23.4 Å². The minimum absolute atomic E-state index is 0.0848. The van der Waals surface area contributed by atoms with Gasteiger partial charge in [-0.05, 0) is 42.6 Å². The molecule has 0 saturated heterocycles. The van der Waals surface area contributed by atoms with E-state index in [2.05, 4.69) is 15.5 Å². The van der Waals surface area contributed by atoms with Gasteiger partial charge in [0.25, 0.3) is 0 Å². The van der Waals surface area contributed by atoms with Crippen molar-refractivity contribution in [2.24, 2.45) is 0 Å². The number of fused-ring (bicyclic) bond motifs is 1. The predicted molar refractivity (Wildman–Crippen MR) is 143 cm³/mol. The lowest BCUT2D eigenvalue weighted by atomic mass is 10.1. The van der Waals surface area contributed by atoms with Gasteiger partial charge in [-0.1, -0.05) is 60.3 Å². The van der Waals surface area contributed by atoms with E-state index in [1.807, 2.05) is 85.8 Å². The van der Waals surface area contributed by atoms with Crippen LogP contribution in [0.3, 0.4) is 0 Å². The fourth-order valence-electron chi connectivity index (χ4n) is 3.69. The van der Waals surface area contributed by atoms with Gasteiger partial charge in [-0.3, -0.25) is 4.79 Å². The van der Waals surface area contributed by atoms with Crippen molar-refractivity contribution in [3.63, 3.8) is 0 Å². The number of nitrogens with zero attached hydrogens (tertiary/aromatic N) is 3. The van der Waals surface area contributed by atoms with Crippen LogP contribution in [0.25, 0.3) is 31.9 Å². The lowest BCUT2D eigenvalue weighted by Gasteiger charge is -2.08. The second-order valence-corrected chi connectivity index (χ2v) is 9.78. The van der Waals surface area contributed by atoms with Crippen LogP contribution >= 0.6 is 23.1 Å². The van der Waals surface area contributed by atoms with Gasteiger partial charge < -0.3 is 10.1 Å². The summed E-state index contributed by atoms with van der Waals surface area (Å²) in [6.07, 6.45) is 0. The summed E-state index contributed by atoms with van der Waals surface area (Å²) in [5, 5.41) is 15.4. The molecule has 0 radical (unpaired) electrons. The average Bonchev–Trinajstić information content (AvgIpc) is 3.29. The SMILES string of the molecule is COc1cccc(-c2nc(C)c(-c3ccc(SCC(=O)Nc4cccc5ccccc45)nn3)s2)c1. The zero-order valence-corrected chi connectivity index (χ0v) is 20.8. The smallest absolute Gasteiger partial charge is 0.234 e. The maximum atomic E-state index is 12.6. The number of thiazole rings is 1. The van der Waals surface area contributed by atoms with Gasteiger partial charge in [-0.15, -0.1) is 21.5 Å². The summed E-state index contributed by atoms with van der Waals surface area (Å²) in [5.41, 5.74) is 3.47. The van der Waals surface area contributed by atoms with Crippen molar-refractivity contribution in [2.75, 3.05) is 18.2 Å². The zero-order valence-electron chi connectivity index (χ0n) is 19.2. The Kier molecular flexibility index (Phi) is 6.74. The summed E-state index contributed by atoms with van der Waals surface area (Å²) in [7, 11) is 1.65. The summed E-state index contributed by atoms with van der Waals surface area (Å²) in [5.74, 6) is 0.956. The Balaban J connectivity index is 1.25. The maximum Gasteiger partial charge on any atom is 0.234 e. The van der Waals surface area contributed by atoms with E-state index in [0.29, 0.717) is 5.03 Å². The first kappa shape index (κ1) is 23.0. The Morgan fingerprint density at radius 1 is 1.00 bits per heavy atom. The molecule has 5 rings (SSSR count). The number of amides is 1. The molecule has 0 aliphatic carbocycles. The van der Waals surface area contributed by atoms with Gasteiger partial charge in [0, 0.05) is 16.6 Å². The van der Waals surface area contributed by atoms with Crippen LogP contribution in [-0.2, 0) is 4.79 Å². The second-order valence-electron chi connectivity index (χ2n) is 7.79. The highest BCUT2D eigenvalue weighted by atomic mass is 32.2. The van der Waals surface area contributed by atoms with Crippen molar-refractivity contribution in [1.29, 1.82) is 0 Å². The third-order valence-electron chi connectivity index (χ3n) is 5.40. The van der Waals surface area contributed by atoms with Crippen molar-refractivity contribution in [1.82, 2.24) is 15.2 Å². The first-order chi connectivity index (χ1) is 17.1. The normalized spacial score (nSPS) is 10.9. The molecule has 174 valence electrons. The van der Waals surface area contributed by atoms with Crippen molar-refractivity contribution >= 4 is 45.5 Å². The summed E-state index contributed by atoms with van der Waals surface area (Å²) < 4.78 is 5.33. The molecule has 0 atom stereocenters. The first-order valence-electron chi connectivity index (χ1n) is 11.0. The molecule has 0 saturated carbocycles. The van der Waals surface area contributed by atoms with Crippen LogP contribution in [-0.4, -0.2) is 34.0 Å². The van der Waals surface area contributed by atoms with Crippen molar-refractivity contribution < 1.29 is 9.53 Å². The molecule has 5 aromatic rings. The van der Waals surface area contributed by atoms with Crippen molar-refractivity contribution in [2.45, 2.75) is 11.9 Å². The number of rotatable bonds is 7. The van der Waals surface area contributed by atoms with Crippen LogP contribution in [0.5, 0.6) is 5.75 Å². The molecule has 8 heteroatoms. The highest BCUT2D eigenvalue weighted by molar-refractivity contribution is 7.99. The molecule has 1 amide bonds. The maximum absolute atomic E-state index is 12.6. The van der Waals surface area contributed by atoms with Gasteiger partial charge >= 0.3 is 0 Å². The van der Waals surface area contributed by atoms with E-state index in [1.54, 1.807) is 18.4 Å². The lowest BCUT2D eigenvalue weighted by molar-refractivity contribution is -0.113. The molecule has 35 heavy (non-hydrogen) atoms. The minimum atomic E-state index is -0.0848. The quantitative estimate of drug-likeness (QED) is 0.259. The number of methoxy groups -OCH3 is 1. The molecular weight excluding hydrogens is 476 g/mol. The molecule has 2 aromatic heterocycles. The third-order valence-corrected chi connectivity index (χ3v) is 7.55.